The predicted octanol–water partition coefficient (Wildman–Crippen LogP) is 1.61. The van der Waals surface area contributed by atoms with Crippen molar-refractivity contribution in [3.8, 4) is 5.75 Å². The highest BCUT2D eigenvalue weighted by molar-refractivity contribution is 5.53. The largest absolute Gasteiger partial charge is 0.486 e. The Bertz CT molecular complexity index is 404. The van der Waals surface area contributed by atoms with E-state index in [-0.39, 0.29) is 24.7 Å². The van der Waals surface area contributed by atoms with Gasteiger partial charge in [0.1, 0.15) is 6.61 Å². The monoisotopic (exact) mass is 291 g/mol. The van der Waals surface area contributed by atoms with Crippen molar-refractivity contribution < 1.29 is 27.7 Å². The molecule has 0 heterocycles. The SMILES string of the molecule is COCCOCCOCCOc1c(N)ccc(F)c1F. The number of benzene rings is 1. The van der Waals surface area contributed by atoms with E-state index in [1.807, 2.05) is 0 Å². The summed E-state index contributed by atoms with van der Waals surface area (Å²) in [5.41, 5.74) is 5.54. The molecule has 0 bridgehead atoms. The van der Waals surface area contributed by atoms with Crippen molar-refractivity contribution in [3.63, 3.8) is 0 Å². The van der Waals surface area contributed by atoms with Gasteiger partial charge >= 0.3 is 0 Å². The fraction of sp³-hybridized carbons (Fsp3) is 0.538. The lowest BCUT2D eigenvalue weighted by Crippen LogP contribution is -2.13. The van der Waals surface area contributed by atoms with Crippen molar-refractivity contribution in [3.05, 3.63) is 23.8 Å². The maximum atomic E-state index is 13.4. The first kappa shape index (κ1) is 16.6. The molecule has 2 N–H and O–H groups in total. The number of anilines is 1. The summed E-state index contributed by atoms with van der Waals surface area (Å²) < 4.78 is 46.6. The lowest BCUT2D eigenvalue weighted by atomic mass is 10.3. The number of hydrogen-bond donors (Lipinski definition) is 1. The van der Waals surface area contributed by atoms with Crippen LogP contribution in [0.25, 0.3) is 0 Å². The number of nitrogens with two attached hydrogens (primary N) is 1. The van der Waals surface area contributed by atoms with Crippen LogP contribution >= 0.6 is 0 Å². The van der Waals surface area contributed by atoms with E-state index >= 15 is 0 Å². The van der Waals surface area contributed by atoms with Gasteiger partial charge in [-0.1, -0.05) is 0 Å². The first-order valence-electron chi connectivity index (χ1n) is 6.17. The van der Waals surface area contributed by atoms with E-state index in [0.717, 1.165) is 6.07 Å². The third-order valence-electron chi connectivity index (χ3n) is 2.36. The zero-order valence-electron chi connectivity index (χ0n) is 11.4. The van der Waals surface area contributed by atoms with Crippen LogP contribution in [0.2, 0.25) is 0 Å². The van der Waals surface area contributed by atoms with Crippen molar-refractivity contribution in [2.24, 2.45) is 0 Å². The highest BCUT2D eigenvalue weighted by Gasteiger charge is 2.12. The van der Waals surface area contributed by atoms with Crippen LogP contribution in [0.4, 0.5) is 14.5 Å². The molecule has 0 fully saturated rings. The van der Waals surface area contributed by atoms with Gasteiger partial charge in [0.05, 0.1) is 38.7 Å². The summed E-state index contributed by atoms with van der Waals surface area (Å²) in [4.78, 5) is 0. The topological polar surface area (TPSA) is 62.9 Å². The van der Waals surface area contributed by atoms with E-state index in [1.165, 1.54) is 6.07 Å². The molecule has 0 aliphatic rings. The van der Waals surface area contributed by atoms with Crippen molar-refractivity contribution in [2.75, 3.05) is 52.5 Å². The molecular formula is C13H19F2NO4. The fourth-order valence-corrected chi connectivity index (χ4v) is 1.36. The Hall–Kier alpha value is -1.44. The van der Waals surface area contributed by atoms with Crippen LogP contribution in [0.3, 0.4) is 0 Å². The van der Waals surface area contributed by atoms with Gasteiger partial charge in [0.25, 0.3) is 0 Å². The Labute approximate surface area is 116 Å². The maximum absolute atomic E-state index is 13.4. The van der Waals surface area contributed by atoms with E-state index in [1.54, 1.807) is 7.11 Å². The number of hydrogen-bond acceptors (Lipinski definition) is 5. The number of methoxy groups -OCH3 is 1. The normalized spacial score (nSPS) is 10.8. The van der Waals surface area contributed by atoms with Crippen LogP contribution in [-0.2, 0) is 14.2 Å². The highest BCUT2D eigenvalue weighted by atomic mass is 19.2. The standard InChI is InChI=1S/C13H19F2NO4/c1-17-4-5-18-6-7-19-8-9-20-13-11(16)3-2-10(14)12(13)15/h2-3H,4-9,16H2,1H3. The molecule has 0 aromatic heterocycles. The molecule has 0 atom stereocenters. The van der Waals surface area contributed by atoms with Crippen LogP contribution in [0.15, 0.2) is 12.1 Å². The van der Waals surface area contributed by atoms with E-state index in [4.69, 9.17) is 24.7 Å². The second kappa shape index (κ2) is 9.46. The molecule has 114 valence electrons. The van der Waals surface area contributed by atoms with Crippen molar-refractivity contribution in [1.29, 1.82) is 0 Å². The van der Waals surface area contributed by atoms with Gasteiger partial charge < -0.3 is 24.7 Å². The minimum Gasteiger partial charge on any atom is -0.486 e. The second-order valence-electron chi connectivity index (χ2n) is 3.85. The van der Waals surface area contributed by atoms with E-state index < -0.39 is 11.6 Å². The van der Waals surface area contributed by atoms with Crippen LogP contribution < -0.4 is 10.5 Å². The summed E-state index contributed by atoms with van der Waals surface area (Å²) in [6.45, 7) is 2.14. The Kier molecular flexibility index (Phi) is 7.86. The summed E-state index contributed by atoms with van der Waals surface area (Å²) in [6.07, 6.45) is 0. The minimum atomic E-state index is -1.09. The highest BCUT2D eigenvalue weighted by Crippen LogP contribution is 2.26. The van der Waals surface area contributed by atoms with Gasteiger partial charge in [-0.25, -0.2) is 4.39 Å². The first-order chi connectivity index (χ1) is 9.66. The van der Waals surface area contributed by atoms with Gasteiger partial charge in [-0.15, -0.1) is 0 Å². The lowest BCUT2D eigenvalue weighted by Gasteiger charge is -2.10. The molecule has 0 aliphatic carbocycles. The molecule has 0 aliphatic heterocycles. The number of ether oxygens (including phenoxy) is 4. The first-order valence-corrected chi connectivity index (χ1v) is 6.17. The summed E-state index contributed by atoms with van der Waals surface area (Å²) >= 11 is 0. The van der Waals surface area contributed by atoms with Gasteiger partial charge in [-0.05, 0) is 12.1 Å². The molecule has 0 unspecified atom stereocenters. The van der Waals surface area contributed by atoms with E-state index in [2.05, 4.69) is 0 Å². The molecule has 0 saturated heterocycles. The Morgan fingerprint density at radius 1 is 0.950 bits per heavy atom. The van der Waals surface area contributed by atoms with Crippen molar-refractivity contribution in [1.82, 2.24) is 0 Å². The minimum absolute atomic E-state index is 0.0480. The summed E-state index contributed by atoms with van der Waals surface area (Å²) in [7, 11) is 1.59. The lowest BCUT2D eigenvalue weighted by molar-refractivity contribution is 0.0177. The van der Waals surface area contributed by atoms with Gasteiger partial charge in [0.2, 0.25) is 5.82 Å². The maximum Gasteiger partial charge on any atom is 0.202 e. The van der Waals surface area contributed by atoms with Crippen LogP contribution in [0.1, 0.15) is 0 Å². The van der Waals surface area contributed by atoms with Crippen LogP contribution in [0.5, 0.6) is 5.75 Å². The van der Waals surface area contributed by atoms with Crippen LogP contribution in [-0.4, -0.2) is 46.8 Å². The summed E-state index contributed by atoms with van der Waals surface area (Å²) in [5.74, 6) is -2.38. The zero-order valence-corrected chi connectivity index (χ0v) is 11.4. The molecule has 0 radical (unpaired) electrons. The Balaban J connectivity index is 2.14. The molecule has 1 aromatic carbocycles. The molecule has 1 aromatic rings. The van der Waals surface area contributed by atoms with Gasteiger partial charge in [-0.2, -0.15) is 4.39 Å². The molecule has 7 heteroatoms. The van der Waals surface area contributed by atoms with Gasteiger partial charge in [0, 0.05) is 7.11 Å². The number of halogens is 2. The third-order valence-corrected chi connectivity index (χ3v) is 2.36. The smallest absolute Gasteiger partial charge is 0.202 e. The van der Waals surface area contributed by atoms with Crippen molar-refractivity contribution in [2.45, 2.75) is 0 Å². The van der Waals surface area contributed by atoms with Gasteiger partial charge in [-0.3, -0.25) is 0 Å². The van der Waals surface area contributed by atoms with E-state index in [0.29, 0.717) is 26.4 Å². The molecule has 1 rings (SSSR count). The van der Waals surface area contributed by atoms with Gasteiger partial charge in [0.15, 0.2) is 11.6 Å². The van der Waals surface area contributed by atoms with E-state index in [9.17, 15) is 8.78 Å². The molecule has 20 heavy (non-hydrogen) atoms. The molecular weight excluding hydrogens is 272 g/mol. The summed E-state index contributed by atoms with van der Waals surface area (Å²) in [6, 6.07) is 2.20. The third kappa shape index (κ3) is 5.68. The average molecular weight is 291 g/mol. The molecule has 0 amide bonds. The Morgan fingerprint density at radius 3 is 2.20 bits per heavy atom. The zero-order chi connectivity index (χ0) is 14.8. The fourth-order valence-electron chi connectivity index (χ4n) is 1.36. The number of rotatable bonds is 10. The second-order valence-corrected chi connectivity index (χ2v) is 3.85. The molecule has 0 saturated carbocycles. The quantitative estimate of drug-likeness (QED) is 0.524. The van der Waals surface area contributed by atoms with Crippen molar-refractivity contribution >= 4 is 5.69 Å². The Morgan fingerprint density at radius 2 is 1.55 bits per heavy atom. The average Bonchev–Trinajstić information content (AvgIpc) is 2.44. The summed E-state index contributed by atoms with van der Waals surface area (Å²) in [5, 5.41) is 0. The molecule has 0 spiro atoms. The number of nitrogen functional groups attached to an aromatic ring is 1. The van der Waals surface area contributed by atoms with Crippen LogP contribution in [0, 0.1) is 11.6 Å². The molecule has 5 nitrogen and oxygen atoms in total. The predicted molar refractivity (Wildman–Crippen MR) is 69.8 cm³/mol.